The Balaban J connectivity index is 3.06. The lowest BCUT2D eigenvalue weighted by Gasteiger charge is -2.15. The molecule has 0 saturated heterocycles. The molecule has 0 aliphatic carbocycles. The van der Waals surface area contributed by atoms with Gasteiger partial charge in [0.25, 0.3) is 0 Å². The maximum Gasteiger partial charge on any atom is 0.434 e. The Morgan fingerprint density at radius 2 is 1.73 bits per heavy atom. The van der Waals surface area contributed by atoms with Crippen LogP contribution in [0.5, 0.6) is 5.75 Å². The first-order valence-electron chi connectivity index (χ1n) is 6.44. The fourth-order valence-corrected chi connectivity index (χ4v) is 1.91. The van der Waals surface area contributed by atoms with Crippen molar-refractivity contribution in [3.63, 3.8) is 0 Å². The molecule has 0 aliphatic heterocycles. The van der Waals surface area contributed by atoms with Gasteiger partial charge in [-0.15, -0.1) is 0 Å². The van der Waals surface area contributed by atoms with Crippen molar-refractivity contribution in [2.24, 2.45) is 4.40 Å². The summed E-state index contributed by atoms with van der Waals surface area (Å²) in [4.78, 5) is 0. The van der Waals surface area contributed by atoms with E-state index in [4.69, 9.17) is 4.74 Å². The molecule has 0 fully saturated rings. The molecule has 1 aromatic carbocycles. The molecule has 1 aromatic rings. The second-order valence-corrected chi connectivity index (χ2v) is 7.35. The van der Waals surface area contributed by atoms with Crippen LogP contribution in [0.2, 0.25) is 0 Å². The van der Waals surface area contributed by atoms with Crippen LogP contribution < -0.4 is 4.74 Å². The van der Waals surface area contributed by atoms with Gasteiger partial charge in [-0.2, -0.15) is 17.6 Å². The van der Waals surface area contributed by atoms with Crippen LogP contribution in [0.25, 0.3) is 6.08 Å². The van der Waals surface area contributed by atoms with E-state index in [-0.39, 0.29) is 0 Å². The Kier molecular flexibility index (Phi) is 5.93. The van der Waals surface area contributed by atoms with Crippen LogP contribution in [0.3, 0.4) is 0 Å². The molecule has 122 valence electrons. The van der Waals surface area contributed by atoms with Gasteiger partial charge in [0.2, 0.25) is 0 Å². The van der Waals surface area contributed by atoms with Gasteiger partial charge in [0, 0.05) is 0 Å². The Bertz CT molecular complexity index is 584. The summed E-state index contributed by atoms with van der Waals surface area (Å²) in [6, 6.07) is 6.50. The molecule has 0 aromatic heterocycles. The van der Waals surface area contributed by atoms with Crippen molar-refractivity contribution < 1.29 is 22.1 Å². The van der Waals surface area contributed by atoms with Gasteiger partial charge >= 0.3 is 6.18 Å². The molecule has 0 amide bonds. The van der Waals surface area contributed by atoms with E-state index in [9.17, 15) is 17.4 Å². The van der Waals surface area contributed by atoms with Crippen molar-refractivity contribution in [1.82, 2.24) is 0 Å². The Morgan fingerprint density at radius 3 is 2.14 bits per heavy atom. The van der Waals surface area contributed by atoms with Crippen LogP contribution >= 0.6 is 0 Å². The average molecular weight is 333 g/mol. The number of methoxy groups -OCH3 is 1. The van der Waals surface area contributed by atoms with Gasteiger partial charge in [0.05, 0.1) is 11.9 Å². The second kappa shape index (κ2) is 7.09. The summed E-state index contributed by atoms with van der Waals surface area (Å²) in [5.41, 5.74) is -0.615. The molecular weight excluding hydrogens is 315 g/mol. The number of ether oxygens (including phenoxy) is 1. The number of allylic oxidation sites excluding steroid dienone is 1. The first kappa shape index (κ1) is 18.4. The van der Waals surface area contributed by atoms with Gasteiger partial charge in [-0.25, -0.2) is 4.21 Å². The molecule has 0 N–H and O–H groups in total. The van der Waals surface area contributed by atoms with Gasteiger partial charge in [0.15, 0.2) is 5.71 Å². The van der Waals surface area contributed by atoms with Crippen molar-refractivity contribution in [3.05, 3.63) is 35.9 Å². The van der Waals surface area contributed by atoms with Crippen molar-refractivity contribution in [2.45, 2.75) is 31.7 Å². The highest BCUT2D eigenvalue weighted by Crippen LogP contribution is 2.22. The van der Waals surface area contributed by atoms with E-state index < -0.39 is 27.6 Å². The Hall–Kier alpha value is -1.63. The van der Waals surface area contributed by atoms with E-state index in [2.05, 4.69) is 4.40 Å². The maximum atomic E-state index is 13.0. The molecule has 0 radical (unpaired) electrons. The summed E-state index contributed by atoms with van der Waals surface area (Å²) in [7, 11) is -0.479. The van der Waals surface area contributed by atoms with Crippen LogP contribution in [0.15, 0.2) is 34.7 Å². The highest BCUT2D eigenvalue weighted by Gasteiger charge is 2.35. The third-order valence-electron chi connectivity index (χ3n) is 2.55. The smallest absolute Gasteiger partial charge is 0.434 e. The van der Waals surface area contributed by atoms with Gasteiger partial charge in [-0.05, 0) is 44.5 Å². The zero-order valence-electron chi connectivity index (χ0n) is 12.8. The minimum atomic E-state index is -4.66. The van der Waals surface area contributed by atoms with Crippen LogP contribution in [0.4, 0.5) is 13.2 Å². The maximum absolute atomic E-state index is 13.0. The van der Waals surface area contributed by atoms with Crippen molar-refractivity contribution in [3.8, 4) is 5.75 Å². The van der Waals surface area contributed by atoms with Crippen molar-refractivity contribution in [2.75, 3.05) is 7.11 Å². The third kappa shape index (κ3) is 5.63. The molecule has 22 heavy (non-hydrogen) atoms. The summed E-state index contributed by atoms with van der Waals surface area (Å²) >= 11 is 0. The van der Waals surface area contributed by atoms with E-state index in [0.717, 1.165) is 6.08 Å². The molecule has 0 unspecified atom stereocenters. The SMILES string of the molecule is COc1ccc(/C=C/C(=N\[S@](=O)C(C)(C)C)C(F)(F)F)cc1. The van der Waals surface area contributed by atoms with Crippen LogP contribution in [0.1, 0.15) is 26.3 Å². The number of hydrogen-bond acceptors (Lipinski definition) is 2. The molecule has 0 spiro atoms. The zero-order valence-corrected chi connectivity index (χ0v) is 13.6. The average Bonchev–Trinajstić information content (AvgIpc) is 2.41. The quantitative estimate of drug-likeness (QED) is 0.776. The second-order valence-electron chi connectivity index (χ2n) is 5.44. The van der Waals surface area contributed by atoms with E-state index in [1.54, 1.807) is 45.0 Å². The number of nitrogens with zero attached hydrogens (tertiary/aromatic N) is 1. The molecular formula is C15H18F3NO2S. The number of rotatable bonds is 4. The minimum absolute atomic E-state index is 0.555. The fraction of sp³-hybridized carbons (Fsp3) is 0.400. The highest BCUT2D eigenvalue weighted by molar-refractivity contribution is 7.85. The van der Waals surface area contributed by atoms with Gasteiger partial charge < -0.3 is 4.74 Å². The van der Waals surface area contributed by atoms with Crippen LogP contribution in [-0.2, 0) is 11.0 Å². The predicted molar refractivity (Wildman–Crippen MR) is 83.4 cm³/mol. The van der Waals surface area contributed by atoms with E-state index in [1.165, 1.54) is 13.2 Å². The topological polar surface area (TPSA) is 38.7 Å². The Morgan fingerprint density at radius 1 is 1.18 bits per heavy atom. The van der Waals surface area contributed by atoms with Crippen molar-refractivity contribution >= 4 is 22.8 Å². The standard InChI is InChI=1S/C15H18F3NO2S/c1-14(2,3)22(20)19-13(15(16,17)18)10-7-11-5-8-12(21-4)9-6-11/h5-10H,1-4H3/b10-7+,19-13+/t22-/m1/s1. The fourth-order valence-electron chi connectivity index (χ4n) is 1.29. The highest BCUT2D eigenvalue weighted by atomic mass is 32.2. The van der Waals surface area contributed by atoms with Gasteiger partial charge in [-0.3, -0.25) is 0 Å². The molecule has 0 heterocycles. The van der Waals surface area contributed by atoms with E-state index in [1.807, 2.05) is 0 Å². The summed E-state index contributed by atoms with van der Waals surface area (Å²) in [6.07, 6.45) is -2.57. The first-order valence-corrected chi connectivity index (χ1v) is 7.55. The third-order valence-corrected chi connectivity index (χ3v) is 3.96. The van der Waals surface area contributed by atoms with Crippen LogP contribution in [-0.4, -0.2) is 28.0 Å². The molecule has 1 atom stereocenters. The van der Waals surface area contributed by atoms with Crippen LogP contribution in [0, 0.1) is 0 Å². The number of alkyl halides is 3. The molecule has 0 aliphatic rings. The number of benzene rings is 1. The molecule has 1 rings (SSSR count). The summed E-state index contributed by atoms with van der Waals surface area (Å²) in [5, 5.41) is 0. The Labute approximate surface area is 130 Å². The van der Waals surface area contributed by atoms with E-state index >= 15 is 0 Å². The van der Waals surface area contributed by atoms with E-state index in [0.29, 0.717) is 11.3 Å². The minimum Gasteiger partial charge on any atom is -0.497 e. The zero-order chi connectivity index (χ0) is 17.0. The molecule has 0 saturated carbocycles. The molecule has 0 bridgehead atoms. The van der Waals surface area contributed by atoms with Crippen molar-refractivity contribution in [1.29, 1.82) is 0 Å². The normalized spacial score (nSPS) is 15.1. The summed E-state index contributed by atoms with van der Waals surface area (Å²) in [5.74, 6) is 0.607. The summed E-state index contributed by atoms with van der Waals surface area (Å²) < 4.78 is 58.1. The largest absolute Gasteiger partial charge is 0.497 e. The monoisotopic (exact) mass is 333 g/mol. The summed E-state index contributed by atoms with van der Waals surface area (Å²) in [6.45, 7) is 4.69. The predicted octanol–water partition coefficient (Wildman–Crippen LogP) is 4.17. The number of hydrogen-bond donors (Lipinski definition) is 0. The number of halogens is 3. The lowest BCUT2D eigenvalue weighted by Crippen LogP contribution is -2.26. The molecule has 3 nitrogen and oxygen atoms in total. The first-order chi connectivity index (χ1) is 10.0. The molecule has 7 heteroatoms. The van der Waals surface area contributed by atoms with Gasteiger partial charge in [0.1, 0.15) is 16.7 Å². The lowest BCUT2D eigenvalue weighted by molar-refractivity contribution is -0.0574. The van der Waals surface area contributed by atoms with Gasteiger partial charge in [-0.1, -0.05) is 18.2 Å². The lowest BCUT2D eigenvalue weighted by atomic mass is 10.2.